The first-order valence-electron chi connectivity index (χ1n) is 5.16. The van der Waals surface area contributed by atoms with Gasteiger partial charge in [-0.05, 0) is 13.8 Å². The highest BCUT2D eigenvalue weighted by atomic mass is 14.2. The standard InChI is InChI=1S/C14H16/c1-11(13-7-3-4-8-13)12(2)14-9-5-6-10-14/h3-10,13-14H,1-2H3/b12-11-. The van der Waals surface area contributed by atoms with Crippen LogP contribution in [-0.4, -0.2) is 0 Å². The van der Waals surface area contributed by atoms with Gasteiger partial charge in [0.05, 0.1) is 0 Å². The Labute approximate surface area is 86.0 Å². The van der Waals surface area contributed by atoms with Gasteiger partial charge in [-0.3, -0.25) is 0 Å². The van der Waals surface area contributed by atoms with E-state index in [9.17, 15) is 0 Å². The van der Waals surface area contributed by atoms with E-state index in [0.29, 0.717) is 11.8 Å². The summed E-state index contributed by atoms with van der Waals surface area (Å²) in [6.45, 7) is 4.47. The number of rotatable bonds is 2. The zero-order valence-electron chi connectivity index (χ0n) is 8.77. The molecule has 0 aromatic heterocycles. The van der Waals surface area contributed by atoms with Gasteiger partial charge in [-0.1, -0.05) is 59.8 Å². The molecule has 0 atom stereocenters. The Kier molecular flexibility index (Phi) is 2.53. The van der Waals surface area contributed by atoms with Crippen molar-refractivity contribution in [1.29, 1.82) is 0 Å². The second kappa shape index (κ2) is 3.83. The van der Waals surface area contributed by atoms with E-state index in [-0.39, 0.29) is 0 Å². The predicted octanol–water partition coefficient (Wildman–Crippen LogP) is 3.81. The van der Waals surface area contributed by atoms with E-state index < -0.39 is 0 Å². The molecule has 2 rings (SSSR count). The maximum Gasteiger partial charge on any atom is 0.0163 e. The molecule has 0 saturated heterocycles. The minimum atomic E-state index is 0.525. The third kappa shape index (κ3) is 1.65. The second-order valence-electron chi connectivity index (χ2n) is 3.96. The van der Waals surface area contributed by atoms with Crippen molar-refractivity contribution >= 4 is 0 Å². The molecular formula is C14H16. The van der Waals surface area contributed by atoms with Crippen LogP contribution in [0.2, 0.25) is 0 Å². The van der Waals surface area contributed by atoms with E-state index in [2.05, 4.69) is 62.5 Å². The fraction of sp³-hybridized carbons (Fsp3) is 0.286. The average molecular weight is 184 g/mol. The van der Waals surface area contributed by atoms with E-state index in [0.717, 1.165) is 0 Å². The summed E-state index contributed by atoms with van der Waals surface area (Å²) < 4.78 is 0. The van der Waals surface area contributed by atoms with Gasteiger partial charge in [0, 0.05) is 11.8 Å². The summed E-state index contributed by atoms with van der Waals surface area (Å²) in [4.78, 5) is 0. The molecule has 72 valence electrons. The third-order valence-electron chi connectivity index (χ3n) is 3.12. The molecule has 0 saturated carbocycles. The molecule has 0 radical (unpaired) electrons. The summed E-state index contributed by atoms with van der Waals surface area (Å²) in [5.41, 5.74) is 2.97. The molecule has 0 bridgehead atoms. The molecule has 14 heavy (non-hydrogen) atoms. The average Bonchev–Trinajstić information content (AvgIpc) is 2.87. The van der Waals surface area contributed by atoms with Crippen LogP contribution < -0.4 is 0 Å². The van der Waals surface area contributed by atoms with Crippen molar-refractivity contribution in [2.45, 2.75) is 13.8 Å². The van der Waals surface area contributed by atoms with Gasteiger partial charge in [-0.15, -0.1) is 0 Å². The van der Waals surface area contributed by atoms with E-state index >= 15 is 0 Å². The summed E-state index contributed by atoms with van der Waals surface area (Å²) in [5, 5.41) is 0. The lowest BCUT2D eigenvalue weighted by Gasteiger charge is -2.14. The Balaban J connectivity index is 2.21. The first-order valence-corrected chi connectivity index (χ1v) is 5.16. The van der Waals surface area contributed by atoms with Crippen LogP contribution in [0.4, 0.5) is 0 Å². The van der Waals surface area contributed by atoms with Crippen molar-refractivity contribution < 1.29 is 0 Å². The van der Waals surface area contributed by atoms with Crippen molar-refractivity contribution in [3.05, 3.63) is 59.8 Å². The van der Waals surface area contributed by atoms with Gasteiger partial charge in [-0.2, -0.15) is 0 Å². The van der Waals surface area contributed by atoms with Crippen molar-refractivity contribution in [1.82, 2.24) is 0 Å². The van der Waals surface area contributed by atoms with Gasteiger partial charge < -0.3 is 0 Å². The number of hydrogen-bond donors (Lipinski definition) is 0. The molecule has 0 aliphatic heterocycles. The molecule has 0 heteroatoms. The molecule has 0 heterocycles. The first kappa shape index (κ1) is 9.26. The Morgan fingerprint density at radius 3 is 1.21 bits per heavy atom. The summed E-state index contributed by atoms with van der Waals surface area (Å²) in [6, 6.07) is 0. The van der Waals surface area contributed by atoms with E-state index in [1.807, 2.05) is 0 Å². The van der Waals surface area contributed by atoms with Crippen molar-refractivity contribution in [2.75, 3.05) is 0 Å². The van der Waals surface area contributed by atoms with Crippen LogP contribution in [-0.2, 0) is 0 Å². The van der Waals surface area contributed by atoms with Gasteiger partial charge in [-0.25, -0.2) is 0 Å². The van der Waals surface area contributed by atoms with Crippen LogP contribution in [0, 0.1) is 11.8 Å². The lowest BCUT2D eigenvalue weighted by molar-refractivity contribution is 0.875. The predicted molar refractivity (Wildman–Crippen MR) is 61.9 cm³/mol. The molecule has 0 spiro atoms. The lowest BCUT2D eigenvalue weighted by Crippen LogP contribution is -2.01. The Hall–Kier alpha value is -1.30. The zero-order chi connectivity index (χ0) is 9.97. The maximum absolute atomic E-state index is 2.25. The zero-order valence-corrected chi connectivity index (χ0v) is 8.77. The Morgan fingerprint density at radius 2 is 0.929 bits per heavy atom. The quantitative estimate of drug-likeness (QED) is 0.572. The molecule has 0 unspecified atom stereocenters. The maximum atomic E-state index is 2.25. The highest BCUT2D eigenvalue weighted by Crippen LogP contribution is 2.28. The third-order valence-corrected chi connectivity index (χ3v) is 3.12. The Bertz CT molecular complexity index is 301. The van der Waals surface area contributed by atoms with Crippen molar-refractivity contribution in [2.24, 2.45) is 11.8 Å². The SMILES string of the molecule is C/C(=C(\C)C1C=CC=C1)C1C=CC=C1. The molecule has 0 N–H and O–H groups in total. The van der Waals surface area contributed by atoms with Crippen LogP contribution in [0.25, 0.3) is 0 Å². The fourth-order valence-corrected chi connectivity index (χ4v) is 1.97. The van der Waals surface area contributed by atoms with Crippen LogP contribution >= 0.6 is 0 Å². The summed E-state index contributed by atoms with van der Waals surface area (Å²) in [5.74, 6) is 1.05. The normalized spacial score (nSPS) is 22.4. The number of allylic oxidation sites excluding steroid dienone is 10. The smallest absolute Gasteiger partial charge is 0.0163 e. The van der Waals surface area contributed by atoms with Crippen molar-refractivity contribution in [3.63, 3.8) is 0 Å². The second-order valence-corrected chi connectivity index (χ2v) is 3.96. The summed E-state index contributed by atoms with van der Waals surface area (Å²) in [7, 11) is 0. The molecular weight excluding hydrogens is 168 g/mol. The minimum Gasteiger partial charge on any atom is -0.0736 e. The molecule has 0 aromatic rings. The van der Waals surface area contributed by atoms with Crippen LogP contribution in [0.15, 0.2) is 59.8 Å². The monoisotopic (exact) mass is 184 g/mol. The summed E-state index contributed by atoms with van der Waals surface area (Å²) >= 11 is 0. The molecule has 0 nitrogen and oxygen atoms in total. The highest BCUT2D eigenvalue weighted by molar-refractivity contribution is 5.36. The van der Waals surface area contributed by atoms with Crippen molar-refractivity contribution in [3.8, 4) is 0 Å². The lowest BCUT2D eigenvalue weighted by atomic mass is 9.90. The largest absolute Gasteiger partial charge is 0.0736 e. The molecule has 2 aliphatic carbocycles. The fourth-order valence-electron chi connectivity index (χ4n) is 1.97. The van der Waals surface area contributed by atoms with Gasteiger partial charge in [0.25, 0.3) is 0 Å². The molecule has 0 fully saturated rings. The Morgan fingerprint density at radius 1 is 0.643 bits per heavy atom. The van der Waals surface area contributed by atoms with Gasteiger partial charge in [0.2, 0.25) is 0 Å². The topological polar surface area (TPSA) is 0 Å². The summed E-state index contributed by atoms with van der Waals surface area (Å²) in [6.07, 6.45) is 17.5. The minimum absolute atomic E-state index is 0.525. The molecule has 2 aliphatic rings. The van der Waals surface area contributed by atoms with E-state index in [1.54, 1.807) is 0 Å². The van der Waals surface area contributed by atoms with Gasteiger partial charge in [0.1, 0.15) is 0 Å². The van der Waals surface area contributed by atoms with Crippen LogP contribution in [0.5, 0.6) is 0 Å². The van der Waals surface area contributed by atoms with E-state index in [1.165, 1.54) is 11.1 Å². The molecule has 0 aromatic carbocycles. The first-order chi connectivity index (χ1) is 6.79. The van der Waals surface area contributed by atoms with E-state index in [4.69, 9.17) is 0 Å². The van der Waals surface area contributed by atoms with Gasteiger partial charge in [0.15, 0.2) is 0 Å². The molecule has 0 amide bonds. The van der Waals surface area contributed by atoms with Crippen LogP contribution in [0.1, 0.15) is 13.8 Å². The van der Waals surface area contributed by atoms with Crippen LogP contribution in [0.3, 0.4) is 0 Å². The number of hydrogen-bond acceptors (Lipinski definition) is 0. The highest BCUT2D eigenvalue weighted by Gasteiger charge is 2.13. The van der Waals surface area contributed by atoms with Gasteiger partial charge >= 0.3 is 0 Å².